The summed E-state index contributed by atoms with van der Waals surface area (Å²) in [6.45, 7) is 6.99. The first-order valence-electron chi connectivity index (χ1n) is 4.40. The summed E-state index contributed by atoms with van der Waals surface area (Å²) in [5, 5.41) is 0. The first kappa shape index (κ1) is 9.77. The number of amides is 1. The molecule has 0 saturated heterocycles. The molecule has 0 fully saturated rings. The van der Waals surface area contributed by atoms with Crippen LogP contribution >= 0.6 is 0 Å². The van der Waals surface area contributed by atoms with Crippen molar-refractivity contribution in [3.63, 3.8) is 0 Å². The Morgan fingerprint density at radius 3 is 2.54 bits per heavy atom. The summed E-state index contributed by atoms with van der Waals surface area (Å²) in [5.74, 6) is 0.456. The number of aryl methyl sites for hydroxylation is 1. The zero-order chi connectivity index (χ0) is 9.84. The molecule has 4 nitrogen and oxygen atoms in total. The molecule has 1 rings (SSSR count). The van der Waals surface area contributed by atoms with Gasteiger partial charge < -0.3 is 9.32 Å². The van der Waals surface area contributed by atoms with Gasteiger partial charge in [0.1, 0.15) is 6.26 Å². The van der Waals surface area contributed by atoms with Gasteiger partial charge in [-0.1, -0.05) is 0 Å². The van der Waals surface area contributed by atoms with Gasteiger partial charge in [-0.05, 0) is 13.8 Å². The minimum Gasteiger partial charge on any atom is -0.448 e. The van der Waals surface area contributed by atoms with E-state index in [9.17, 15) is 4.79 Å². The van der Waals surface area contributed by atoms with Gasteiger partial charge in [0, 0.05) is 20.0 Å². The molecule has 0 saturated carbocycles. The molecular weight excluding hydrogens is 168 g/mol. The summed E-state index contributed by atoms with van der Waals surface area (Å²) in [7, 11) is 0. The molecule has 0 spiro atoms. The van der Waals surface area contributed by atoms with Crippen LogP contribution in [-0.4, -0.2) is 28.9 Å². The Labute approximate surface area is 77.6 Å². The summed E-state index contributed by atoms with van der Waals surface area (Å²) < 4.78 is 4.97. The number of rotatable bonds is 3. The van der Waals surface area contributed by atoms with Crippen molar-refractivity contribution in [2.75, 3.05) is 13.1 Å². The number of nitrogens with zero attached hydrogens (tertiary/aromatic N) is 2. The van der Waals surface area contributed by atoms with E-state index in [2.05, 4.69) is 4.98 Å². The number of hydrogen-bond acceptors (Lipinski definition) is 3. The molecule has 0 atom stereocenters. The molecule has 0 aliphatic heterocycles. The zero-order valence-electron chi connectivity index (χ0n) is 8.20. The van der Waals surface area contributed by atoms with Gasteiger partial charge in [-0.15, -0.1) is 0 Å². The summed E-state index contributed by atoms with van der Waals surface area (Å²) in [6, 6.07) is 0. The van der Waals surface area contributed by atoms with Crippen LogP contribution in [0.25, 0.3) is 0 Å². The second kappa shape index (κ2) is 4.07. The van der Waals surface area contributed by atoms with Crippen LogP contribution in [0, 0.1) is 6.92 Å². The third-order valence-corrected chi connectivity index (χ3v) is 1.89. The molecule has 0 aliphatic rings. The fourth-order valence-corrected chi connectivity index (χ4v) is 1.13. The monoisotopic (exact) mass is 182 g/mol. The van der Waals surface area contributed by atoms with Crippen LogP contribution in [-0.2, 0) is 0 Å². The molecule has 1 aromatic heterocycles. The van der Waals surface area contributed by atoms with E-state index in [0.717, 1.165) is 0 Å². The predicted molar refractivity (Wildman–Crippen MR) is 48.5 cm³/mol. The van der Waals surface area contributed by atoms with Crippen LogP contribution in [0.2, 0.25) is 0 Å². The highest BCUT2D eigenvalue weighted by atomic mass is 16.3. The van der Waals surface area contributed by atoms with Gasteiger partial charge in [-0.2, -0.15) is 0 Å². The van der Waals surface area contributed by atoms with Gasteiger partial charge in [-0.25, -0.2) is 4.98 Å². The van der Waals surface area contributed by atoms with Crippen LogP contribution in [0.5, 0.6) is 0 Å². The third-order valence-electron chi connectivity index (χ3n) is 1.89. The number of carbonyl (C=O) groups excluding carboxylic acids is 1. The molecule has 1 amide bonds. The molecule has 0 bridgehead atoms. The van der Waals surface area contributed by atoms with Gasteiger partial charge in [0.2, 0.25) is 0 Å². The van der Waals surface area contributed by atoms with Crippen molar-refractivity contribution in [3.8, 4) is 0 Å². The minimum absolute atomic E-state index is 0.0677. The van der Waals surface area contributed by atoms with Crippen LogP contribution in [0.15, 0.2) is 10.7 Å². The van der Waals surface area contributed by atoms with Crippen molar-refractivity contribution in [1.82, 2.24) is 9.88 Å². The maximum absolute atomic E-state index is 11.6. The van der Waals surface area contributed by atoms with E-state index in [1.165, 1.54) is 6.26 Å². The fourth-order valence-electron chi connectivity index (χ4n) is 1.13. The average Bonchev–Trinajstić information content (AvgIpc) is 2.54. The Balaban J connectivity index is 2.78. The molecule has 1 aromatic rings. The molecule has 0 unspecified atom stereocenters. The third kappa shape index (κ3) is 2.08. The van der Waals surface area contributed by atoms with Gasteiger partial charge in [0.15, 0.2) is 11.6 Å². The van der Waals surface area contributed by atoms with Crippen LogP contribution in [0.1, 0.15) is 30.2 Å². The predicted octanol–water partition coefficient (Wildman–Crippen LogP) is 1.47. The second-order valence-corrected chi connectivity index (χ2v) is 2.73. The molecule has 13 heavy (non-hydrogen) atoms. The Hall–Kier alpha value is -1.32. The van der Waals surface area contributed by atoms with Crippen molar-refractivity contribution < 1.29 is 9.21 Å². The Morgan fingerprint density at radius 2 is 2.15 bits per heavy atom. The van der Waals surface area contributed by atoms with Crippen molar-refractivity contribution in [2.24, 2.45) is 0 Å². The highest BCUT2D eigenvalue weighted by Crippen LogP contribution is 2.04. The van der Waals surface area contributed by atoms with E-state index in [4.69, 9.17) is 4.42 Å². The molecular formula is C9H14N2O2. The Kier molecular flexibility index (Phi) is 3.06. The lowest BCUT2D eigenvalue weighted by Crippen LogP contribution is -2.30. The smallest absolute Gasteiger partial charge is 0.275 e. The van der Waals surface area contributed by atoms with Crippen molar-refractivity contribution >= 4 is 5.91 Å². The molecule has 1 heterocycles. The molecule has 0 radical (unpaired) electrons. The quantitative estimate of drug-likeness (QED) is 0.711. The SMILES string of the molecule is CCN(CC)C(=O)c1coc(C)n1. The lowest BCUT2D eigenvalue weighted by Gasteiger charge is -2.16. The first-order chi connectivity index (χ1) is 6.19. The van der Waals surface area contributed by atoms with Gasteiger partial charge >= 0.3 is 0 Å². The number of oxazole rings is 1. The van der Waals surface area contributed by atoms with Gasteiger partial charge in [0.25, 0.3) is 5.91 Å². The summed E-state index contributed by atoms with van der Waals surface area (Å²) in [5.41, 5.74) is 0.390. The van der Waals surface area contributed by atoms with Crippen LogP contribution in [0.4, 0.5) is 0 Å². The van der Waals surface area contributed by atoms with Crippen LogP contribution in [0.3, 0.4) is 0 Å². The molecule has 0 N–H and O–H groups in total. The zero-order valence-corrected chi connectivity index (χ0v) is 8.20. The van der Waals surface area contributed by atoms with E-state index in [0.29, 0.717) is 24.7 Å². The molecule has 0 aliphatic carbocycles. The van der Waals surface area contributed by atoms with Gasteiger partial charge in [-0.3, -0.25) is 4.79 Å². The summed E-state index contributed by atoms with van der Waals surface area (Å²) in [4.78, 5) is 17.3. The molecule has 0 aromatic carbocycles. The van der Waals surface area contributed by atoms with Crippen molar-refractivity contribution in [3.05, 3.63) is 17.8 Å². The van der Waals surface area contributed by atoms with E-state index in [1.807, 2.05) is 13.8 Å². The minimum atomic E-state index is -0.0677. The maximum atomic E-state index is 11.6. The summed E-state index contributed by atoms with van der Waals surface area (Å²) in [6.07, 6.45) is 1.40. The largest absolute Gasteiger partial charge is 0.448 e. The standard InChI is InChI=1S/C9H14N2O2/c1-4-11(5-2)9(12)8-6-13-7(3)10-8/h6H,4-5H2,1-3H3. The first-order valence-corrected chi connectivity index (χ1v) is 4.40. The maximum Gasteiger partial charge on any atom is 0.275 e. The number of aromatic nitrogens is 1. The lowest BCUT2D eigenvalue weighted by molar-refractivity contribution is 0.0767. The topological polar surface area (TPSA) is 46.3 Å². The van der Waals surface area contributed by atoms with Gasteiger partial charge in [0.05, 0.1) is 0 Å². The summed E-state index contributed by atoms with van der Waals surface area (Å²) >= 11 is 0. The van der Waals surface area contributed by atoms with E-state index in [1.54, 1.807) is 11.8 Å². The van der Waals surface area contributed by atoms with Crippen LogP contribution < -0.4 is 0 Å². The number of carbonyl (C=O) groups is 1. The highest BCUT2D eigenvalue weighted by molar-refractivity contribution is 5.91. The fraction of sp³-hybridized carbons (Fsp3) is 0.556. The Bertz CT molecular complexity index is 290. The highest BCUT2D eigenvalue weighted by Gasteiger charge is 2.15. The Morgan fingerprint density at radius 1 is 1.54 bits per heavy atom. The lowest BCUT2D eigenvalue weighted by atomic mass is 10.4. The second-order valence-electron chi connectivity index (χ2n) is 2.73. The van der Waals surface area contributed by atoms with E-state index >= 15 is 0 Å². The van der Waals surface area contributed by atoms with Crippen molar-refractivity contribution in [2.45, 2.75) is 20.8 Å². The normalized spacial score (nSPS) is 10.1. The average molecular weight is 182 g/mol. The van der Waals surface area contributed by atoms with Crippen molar-refractivity contribution in [1.29, 1.82) is 0 Å². The van der Waals surface area contributed by atoms with E-state index < -0.39 is 0 Å². The van der Waals surface area contributed by atoms with E-state index in [-0.39, 0.29) is 5.91 Å². The molecule has 4 heteroatoms. The number of hydrogen-bond donors (Lipinski definition) is 0. The molecule has 72 valence electrons.